The van der Waals surface area contributed by atoms with E-state index in [4.69, 9.17) is 0 Å². The van der Waals surface area contributed by atoms with Crippen molar-refractivity contribution in [3.63, 3.8) is 0 Å². The third kappa shape index (κ3) is 3.66. The highest BCUT2D eigenvalue weighted by Crippen LogP contribution is 2.53. The number of carbonyl (C=O) groups is 3. The molecule has 0 aliphatic heterocycles. The highest BCUT2D eigenvalue weighted by Gasteiger charge is 2.50. The lowest BCUT2D eigenvalue weighted by Crippen LogP contribution is -2.50. The van der Waals surface area contributed by atoms with Crippen molar-refractivity contribution in [2.75, 3.05) is 5.32 Å². The Kier molecular flexibility index (Phi) is 5.11. The van der Waals surface area contributed by atoms with E-state index in [-0.39, 0.29) is 35.4 Å². The average molecular weight is 330 g/mol. The standard InChI is InChI=1S/C19H26N2O3/c1-11-7-6-8-12(2)17(11)21-18(24)20-16(23)10-14-9-15(13(3)22)19(14,4)5/h6-8,14-15H,9-10H2,1-5H3,(H2,20,21,23,24)/t14-,15-/m0/s1. The van der Waals surface area contributed by atoms with E-state index in [1.54, 1.807) is 6.92 Å². The van der Waals surface area contributed by atoms with Crippen molar-refractivity contribution in [3.05, 3.63) is 29.3 Å². The second-order valence-corrected chi connectivity index (χ2v) is 7.39. The van der Waals surface area contributed by atoms with Crippen LogP contribution in [0.15, 0.2) is 18.2 Å². The van der Waals surface area contributed by atoms with E-state index < -0.39 is 6.03 Å². The van der Waals surface area contributed by atoms with E-state index >= 15 is 0 Å². The minimum Gasteiger partial charge on any atom is -0.307 e. The number of aryl methyl sites for hydroxylation is 2. The highest BCUT2D eigenvalue weighted by atomic mass is 16.2. The number of ketones is 1. The van der Waals surface area contributed by atoms with Gasteiger partial charge in [0.1, 0.15) is 5.78 Å². The van der Waals surface area contributed by atoms with Crippen LogP contribution in [-0.2, 0) is 9.59 Å². The molecule has 0 unspecified atom stereocenters. The van der Waals surface area contributed by atoms with Crippen LogP contribution in [0.25, 0.3) is 0 Å². The number of rotatable bonds is 4. The van der Waals surface area contributed by atoms with Crippen molar-refractivity contribution >= 4 is 23.4 Å². The van der Waals surface area contributed by atoms with Crippen LogP contribution in [0.2, 0.25) is 0 Å². The zero-order valence-electron chi connectivity index (χ0n) is 15.0. The van der Waals surface area contributed by atoms with Crippen molar-refractivity contribution in [2.24, 2.45) is 17.3 Å². The van der Waals surface area contributed by atoms with Gasteiger partial charge in [0.15, 0.2) is 0 Å². The van der Waals surface area contributed by atoms with Crippen molar-refractivity contribution in [2.45, 2.75) is 47.5 Å². The zero-order chi connectivity index (χ0) is 18.1. The Morgan fingerprint density at radius 3 is 2.25 bits per heavy atom. The van der Waals surface area contributed by atoms with Crippen LogP contribution in [-0.4, -0.2) is 17.7 Å². The molecule has 2 rings (SSSR count). The van der Waals surface area contributed by atoms with Gasteiger partial charge in [0.25, 0.3) is 0 Å². The van der Waals surface area contributed by atoms with E-state index in [2.05, 4.69) is 10.6 Å². The third-order valence-corrected chi connectivity index (χ3v) is 5.37. The van der Waals surface area contributed by atoms with Crippen molar-refractivity contribution in [1.29, 1.82) is 0 Å². The Balaban J connectivity index is 1.89. The van der Waals surface area contributed by atoms with Gasteiger partial charge >= 0.3 is 6.03 Å². The summed E-state index contributed by atoms with van der Waals surface area (Å²) in [6, 6.07) is 5.22. The molecule has 5 heteroatoms. The smallest absolute Gasteiger partial charge is 0.307 e. The molecule has 0 radical (unpaired) electrons. The molecule has 0 spiro atoms. The maximum atomic E-state index is 12.1. The van der Waals surface area contributed by atoms with Gasteiger partial charge in [-0.05, 0) is 49.7 Å². The molecule has 1 aromatic carbocycles. The first-order valence-electron chi connectivity index (χ1n) is 8.30. The summed E-state index contributed by atoms with van der Waals surface area (Å²) in [6.45, 7) is 9.43. The van der Waals surface area contributed by atoms with E-state index in [0.717, 1.165) is 16.8 Å². The van der Waals surface area contributed by atoms with Crippen LogP contribution in [0.3, 0.4) is 0 Å². The normalized spacial score (nSPS) is 21.5. The van der Waals surface area contributed by atoms with Crippen molar-refractivity contribution in [1.82, 2.24) is 5.32 Å². The quantitative estimate of drug-likeness (QED) is 0.886. The summed E-state index contributed by atoms with van der Waals surface area (Å²) in [5.74, 6) is 0.00128. The fourth-order valence-electron chi connectivity index (χ4n) is 3.61. The Hall–Kier alpha value is -2.17. The Bertz CT molecular complexity index is 659. The number of benzene rings is 1. The molecule has 1 saturated carbocycles. The fraction of sp³-hybridized carbons (Fsp3) is 0.526. The molecular formula is C19H26N2O3. The van der Waals surface area contributed by atoms with Gasteiger partial charge in [0.2, 0.25) is 5.91 Å². The van der Waals surface area contributed by atoms with E-state index in [9.17, 15) is 14.4 Å². The third-order valence-electron chi connectivity index (χ3n) is 5.37. The van der Waals surface area contributed by atoms with Crippen LogP contribution < -0.4 is 10.6 Å². The van der Waals surface area contributed by atoms with Gasteiger partial charge in [-0.2, -0.15) is 0 Å². The summed E-state index contributed by atoms with van der Waals surface area (Å²) in [6.07, 6.45) is 0.977. The van der Waals surface area contributed by atoms with Crippen LogP contribution >= 0.6 is 0 Å². The highest BCUT2D eigenvalue weighted by molar-refractivity contribution is 6.02. The van der Waals surface area contributed by atoms with Crippen LogP contribution in [0.4, 0.5) is 10.5 Å². The molecular weight excluding hydrogens is 304 g/mol. The molecule has 24 heavy (non-hydrogen) atoms. The molecule has 1 aliphatic carbocycles. The molecule has 130 valence electrons. The first-order valence-corrected chi connectivity index (χ1v) is 8.30. The number of Topliss-reactive ketones (excluding diaryl/α,β-unsaturated/α-hetero) is 1. The van der Waals surface area contributed by atoms with Crippen molar-refractivity contribution in [3.8, 4) is 0 Å². The fourth-order valence-corrected chi connectivity index (χ4v) is 3.61. The summed E-state index contributed by atoms with van der Waals surface area (Å²) in [5.41, 5.74) is 2.43. The monoisotopic (exact) mass is 330 g/mol. The average Bonchev–Trinajstić information content (AvgIpc) is 2.46. The van der Waals surface area contributed by atoms with Gasteiger partial charge in [-0.1, -0.05) is 32.0 Å². The Morgan fingerprint density at radius 2 is 1.75 bits per heavy atom. The summed E-state index contributed by atoms with van der Waals surface area (Å²) in [4.78, 5) is 35.7. The predicted molar refractivity (Wildman–Crippen MR) is 93.8 cm³/mol. The van der Waals surface area contributed by atoms with Crippen LogP contribution in [0.5, 0.6) is 0 Å². The number of hydrogen-bond acceptors (Lipinski definition) is 3. The second-order valence-electron chi connectivity index (χ2n) is 7.39. The maximum Gasteiger partial charge on any atom is 0.325 e. The molecule has 0 heterocycles. The SMILES string of the molecule is CC(=O)[C@@H]1C[C@@H](CC(=O)NC(=O)Nc2c(C)cccc2C)C1(C)C. The topological polar surface area (TPSA) is 75.3 Å². The zero-order valence-corrected chi connectivity index (χ0v) is 15.0. The largest absolute Gasteiger partial charge is 0.325 e. The number of hydrogen-bond donors (Lipinski definition) is 2. The summed E-state index contributed by atoms with van der Waals surface area (Å²) in [5, 5.41) is 5.13. The molecule has 2 atom stereocenters. The van der Waals surface area contributed by atoms with Crippen LogP contribution in [0, 0.1) is 31.1 Å². The van der Waals surface area contributed by atoms with Gasteiger partial charge in [-0.15, -0.1) is 0 Å². The molecule has 0 aromatic heterocycles. The van der Waals surface area contributed by atoms with E-state index in [1.165, 1.54) is 0 Å². The lowest BCUT2D eigenvalue weighted by molar-refractivity contribution is -0.140. The number of urea groups is 1. The van der Waals surface area contributed by atoms with Gasteiger partial charge in [0, 0.05) is 18.0 Å². The molecule has 1 aromatic rings. The summed E-state index contributed by atoms with van der Waals surface area (Å²) in [7, 11) is 0. The van der Waals surface area contributed by atoms with Crippen molar-refractivity contribution < 1.29 is 14.4 Å². The van der Waals surface area contributed by atoms with E-state index in [0.29, 0.717) is 6.42 Å². The minimum absolute atomic E-state index is 0.0127. The maximum absolute atomic E-state index is 12.1. The summed E-state index contributed by atoms with van der Waals surface area (Å²) >= 11 is 0. The summed E-state index contributed by atoms with van der Waals surface area (Å²) < 4.78 is 0. The minimum atomic E-state index is -0.516. The van der Waals surface area contributed by atoms with Gasteiger partial charge in [-0.25, -0.2) is 4.79 Å². The molecule has 1 aliphatic rings. The predicted octanol–water partition coefficient (Wildman–Crippen LogP) is 3.59. The van der Waals surface area contributed by atoms with Crippen LogP contribution in [0.1, 0.15) is 44.7 Å². The number of imide groups is 1. The number of amides is 3. The van der Waals surface area contributed by atoms with Gasteiger partial charge < -0.3 is 5.32 Å². The molecule has 5 nitrogen and oxygen atoms in total. The van der Waals surface area contributed by atoms with E-state index in [1.807, 2.05) is 45.9 Å². The first-order chi connectivity index (χ1) is 11.1. The van der Waals surface area contributed by atoms with Gasteiger partial charge in [0.05, 0.1) is 0 Å². The Morgan fingerprint density at radius 1 is 1.17 bits per heavy atom. The molecule has 1 fully saturated rings. The lowest BCUT2D eigenvalue weighted by atomic mass is 9.52. The molecule has 2 N–H and O–H groups in total. The lowest BCUT2D eigenvalue weighted by Gasteiger charge is -2.51. The first kappa shape index (κ1) is 18.2. The molecule has 0 saturated heterocycles. The molecule has 0 bridgehead atoms. The Labute approximate surface area is 143 Å². The number of anilines is 1. The van der Waals surface area contributed by atoms with Gasteiger partial charge in [-0.3, -0.25) is 14.9 Å². The number of nitrogens with one attached hydrogen (secondary N) is 2. The number of carbonyl (C=O) groups excluding carboxylic acids is 3. The molecule has 3 amide bonds. The second kappa shape index (κ2) is 6.75. The number of para-hydroxylation sites is 1.